The Balaban J connectivity index is 2.97. The van der Waals surface area contributed by atoms with E-state index < -0.39 is 0 Å². The highest BCUT2D eigenvalue weighted by Gasteiger charge is 2.06. The second kappa shape index (κ2) is 6.80. The minimum Gasteiger partial charge on any atom is -0.414 e. The second-order valence-electron chi connectivity index (χ2n) is 3.84. The Labute approximate surface area is 96.4 Å². The van der Waals surface area contributed by atoms with Crippen LogP contribution in [0, 0.1) is 0 Å². The molecule has 0 unspecified atom stereocenters. The average Bonchev–Trinajstić information content (AvgIpc) is 2.23. The van der Waals surface area contributed by atoms with Gasteiger partial charge in [0.1, 0.15) is 0 Å². The smallest absolute Gasteiger partial charge is 0.246 e. The summed E-state index contributed by atoms with van der Waals surface area (Å²) in [6, 6.07) is 6.53. The van der Waals surface area contributed by atoms with Gasteiger partial charge in [0, 0.05) is 0 Å². The molecule has 0 aliphatic heterocycles. The summed E-state index contributed by atoms with van der Waals surface area (Å²) in [5, 5.41) is 0. The van der Waals surface area contributed by atoms with Crippen LogP contribution in [0.4, 0.5) is 0 Å². The topological polar surface area (TPSA) is 9.23 Å². The molecule has 0 saturated heterocycles. The van der Waals surface area contributed by atoms with Gasteiger partial charge in [-0.05, 0) is 29.5 Å². The molecular formula is C13H19OSi. The number of rotatable bonds is 6. The van der Waals surface area contributed by atoms with Crippen molar-refractivity contribution in [1.82, 2.24) is 0 Å². The molecule has 0 spiro atoms. The summed E-state index contributed by atoms with van der Waals surface area (Å²) >= 11 is 0. The van der Waals surface area contributed by atoms with E-state index in [1.54, 1.807) is 0 Å². The van der Waals surface area contributed by atoms with Gasteiger partial charge in [0.2, 0.25) is 10.5 Å². The van der Waals surface area contributed by atoms with Crippen LogP contribution in [0.25, 0.3) is 0 Å². The van der Waals surface area contributed by atoms with Crippen LogP contribution in [0.1, 0.15) is 43.4 Å². The first-order valence-electron chi connectivity index (χ1n) is 5.71. The summed E-state index contributed by atoms with van der Waals surface area (Å²) in [7, 11) is 3.08. The lowest BCUT2D eigenvalue weighted by Gasteiger charge is -2.13. The molecule has 0 atom stereocenters. The maximum absolute atomic E-state index is 5.05. The van der Waals surface area contributed by atoms with Gasteiger partial charge in [-0.3, -0.25) is 0 Å². The van der Waals surface area contributed by atoms with Crippen molar-refractivity contribution in [2.45, 2.75) is 46.1 Å². The normalized spacial score (nSPS) is 10.6. The molecule has 3 radical (unpaired) electrons. The third-order valence-electron chi connectivity index (χ3n) is 2.62. The Bertz CT molecular complexity index is 272. The number of aryl methyl sites for hydroxylation is 1. The van der Waals surface area contributed by atoms with Gasteiger partial charge >= 0.3 is 0 Å². The van der Waals surface area contributed by atoms with E-state index in [-0.39, 0.29) is 0 Å². The second-order valence-corrected chi connectivity index (χ2v) is 4.13. The summed E-state index contributed by atoms with van der Waals surface area (Å²) < 4.78 is 5.05. The molecule has 0 aliphatic rings. The SMILES string of the molecule is CCCc1cccc(CO[Si])c1CCC. The highest BCUT2D eigenvalue weighted by atomic mass is 28.2. The summed E-state index contributed by atoms with van der Waals surface area (Å²) in [5.74, 6) is 0. The minimum absolute atomic E-state index is 0.657. The van der Waals surface area contributed by atoms with E-state index in [1.165, 1.54) is 36.0 Å². The van der Waals surface area contributed by atoms with E-state index in [9.17, 15) is 0 Å². The van der Waals surface area contributed by atoms with Crippen molar-refractivity contribution in [2.75, 3.05) is 0 Å². The zero-order valence-corrected chi connectivity index (χ0v) is 10.7. The van der Waals surface area contributed by atoms with Crippen LogP contribution >= 0.6 is 0 Å². The Kier molecular flexibility index (Phi) is 5.65. The Hall–Kier alpha value is -0.603. The van der Waals surface area contributed by atoms with Gasteiger partial charge in [0.05, 0.1) is 6.61 Å². The van der Waals surface area contributed by atoms with Crippen LogP contribution in [0.2, 0.25) is 0 Å². The van der Waals surface area contributed by atoms with Crippen LogP contribution in [0.3, 0.4) is 0 Å². The molecule has 81 valence electrons. The first kappa shape index (κ1) is 12.5. The first-order chi connectivity index (χ1) is 7.33. The summed E-state index contributed by atoms with van der Waals surface area (Å²) in [5.41, 5.74) is 4.29. The average molecular weight is 219 g/mol. The fourth-order valence-corrected chi connectivity index (χ4v) is 2.13. The van der Waals surface area contributed by atoms with E-state index >= 15 is 0 Å². The molecule has 0 fully saturated rings. The molecular weight excluding hydrogens is 200 g/mol. The van der Waals surface area contributed by atoms with Crippen LogP contribution in [-0.2, 0) is 23.9 Å². The predicted octanol–water partition coefficient (Wildman–Crippen LogP) is 3.19. The van der Waals surface area contributed by atoms with E-state index in [2.05, 4.69) is 42.5 Å². The van der Waals surface area contributed by atoms with Crippen molar-refractivity contribution < 1.29 is 4.43 Å². The molecule has 0 aromatic heterocycles. The number of hydrogen-bond acceptors (Lipinski definition) is 1. The van der Waals surface area contributed by atoms with Crippen LogP contribution in [-0.4, -0.2) is 10.5 Å². The molecule has 1 rings (SSSR count). The predicted molar refractivity (Wildman–Crippen MR) is 65.0 cm³/mol. The van der Waals surface area contributed by atoms with Crippen LogP contribution in [0.5, 0.6) is 0 Å². The van der Waals surface area contributed by atoms with Gasteiger partial charge in [-0.15, -0.1) is 0 Å². The standard InChI is InChI=1S/C13H19OSi/c1-3-6-11-8-5-9-12(10-14-15)13(11)7-4-2/h5,8-9H,3-4,6-7,10H2,1-2H3. The molecule has 2 heteroatoms. The van der Waals surface area contributed by atoms with Crippen molar-refractivity contribution in [3.05, 3.63) is 34.9 Å². The largest absolute Gasteiger partial charge is 0.414 e. The molecule has 1 aromatic carbocycles. The lowest BCUT2D eigenvalue weighted by Crippen LogP contribution is -2.01. The molecule has 0 N–H and O–H groups in total. The Morgan fingerprint density at radius 2 is 1.73 bits per heavy atom. The first-order valence-corrected chi connectivity index (χ1v) is 6.12. The van der Waals surface area contributed by atoms with Gasteiger partial charge in [0.15, 0.2) is 0 Å². The highest BCUT2D eigenvalue weighted by molar-refractivity contribution is 5.97. The van der Waals surface area contributed by atoms with Gasteiger partial charge < -0.3 is 4.43 Å². The van der Waals surface area contributed by atoms with Crippen LogP contribution in [0.15, 0.2) is 18.2 Å². The van der Waals surface area contributed by atoms with Gasteiger partial charge in [-0.2, -0.15) is 0 Å². The fraction of sp³-hybridized carbons (Fsp3) is 0.538. The van der Waals surface area contributed by atoms with Crippen molar-refractivity contribution in [2.24, 2.45) is 0 Å². The molecule has 0 amide bonds. The lowest BCUT2D eigenvalue weighted by molar-refractivity contribution is 0.336. The number of benzene rings is 1. The molecule has 0 aliphatic carbocycles. The molecule has 0 bridgehead atoms. The summed E-state index contributed by atoms with van der Waals surface area (Å²) in [6.45, 7) is 5.11. The molecule has 0 saturated carbocycles. The minimum atomic E-state index is 0.657. The quantitative estimate of drug-likeness (QED) is 0.668. The third-order valence-corrected chi connectivity index (χ3v) is 2.76. The lowest BCUT2D eigenvalue weighted by atomic mass is 9.95. The van der Waals surface area contributed by atoms with Crippen LogP contribution < -0.4 is 0 Å². The third kappa shape index (κ3) is 3.47. The fourth-order valence-electron chi connectivity index (χ4n) is 1.98. The maximum Gasteiger partial charge on any atom is 0.246 e. The van der Waals surface area contributed by atoms with E-state index in [4.69, 9.17) is 4.43 Å². The Morgan fingerprint density at radius 1 is 1.07 bits per heavy atom. The van der Waals surface area contributed by atoms with E-state index in [0.717, 1.165) is 6.42 Å². The summed E-state index contributed by atoms with van der Waals surface area (Å²) in [6.07, 6.45) is 4.72. The molecule has 1 nitrogen and oxygen atoms in total. The van der Waals surface area contributed by atoms with Crippen molar-refractivity contribution in [3.63, 3.8) is 0 Å². The molecule has 15 heavy (non-hydrogen) atoms. The molecule has 0 heterocycles. The maximum atomic E-state index is 5.05. The van der Waals surface area contributed by atoms with Gasteiger partial charge in [0.25, 0.3) is 0 Å². The van der Waals surface area contributed by atoms with Crippen molar-refractivity contribution in [3.8, 4) is 0 Å². The molecule has 1 aromatic rings. The summed E-state index contributed by atoms with van der Waals surface area (Å²) in [4.78, 5) is 0. The van der Waals surface area contributed by atoms with E-state index in [1.807, 2.05) is 0 Å². The van der Waals surface area contributed by atoms with Gasteiger partial charge in [-0.1, -0.05) is 44.9 Å². The van der Waals surface area contributed by atoms with Crippen molar-refractivity contribution >= 4 is 10.5 Å². The van der Waals surface area contributed by atoms with Gasteiger partial charge in [-0.25, -0.2) is 0 Å². The monoisotopic (exact) mass is 219 g/mol. The van der Waals surface area contributed by atoms with Crippen molar-refractivity contribution in [1.29, 1.82) is 0 Å². The zero-order valence-electron chi connectivity index (χ0n) is 9.68. The number of hydrogen-bond donors (Lipinski definition) is 0. The highest BCUT2D eigenvalue weighted by Crippen LogP contribution is 2.19. The van der Waals surface area contributed by atoms with E-state index in [0.29, 0.717) is 6.61 Å². The zero-order chi connectivity index (χ0) is 11.1. The Morgan fingerprint density at radius 3 is 2.33 bits per heavy atom.